The normalized spacial score (nSPS) is 24.4. The summed E-state index contributed by atoms with van der Waals surface area (Å²) in [5.74, 6) is 1.47. The van der Waals surface area contributed by atoms with E-state index in [4.69, 9.17) is 0 Å². The predicted octanol–water partition coefficient (Wildman–Crippen LogP) is 3.65. The Labute approximate surface area is 136 Å². The van der Waals surface area contributed by atoms with E-state index < -0.39 is 4.92 Å². The van der Waals surface area contributed by atoms with Crippen LogP contribution in [0, 0.1) is 22.0 Å². The van der Waals surface area contributed by atoms with Gasteiger partial charge in [0.1, 0.15) is 0 Å². The molecule has 1 aromatic rings. The first-order valence-corrected chi connectivity index (χ1v) is 8.35. The molecule has 2 fully saturated rings. The van der Waals surface area contributed by atoms with Gasteiger partial charge in [0.25, 0.3) is 5.69 Å². The second kappa shape index (κ2) is 6.94. The highest BCUT2D eigenvalue weighted by Crippen LogP contribution is 2.36. The highest BCUT2D eigenvalue weighted by atomic mass is 16.6. The van der Waals surface area contributed by atoms with Crippen LogP contribution in [-0.4, -0.2) is 28.8 Å². The van der Waals surface area contributed by atoms with Gasteiger partial charge in [0.15, 0.2) is 0 Å². The Morgan fingerprint density at radius 3 is 2.78 bits per heavy atom. The van der Waals surface area contributed by atoms with Crippen molar-refractivity contribution in [3.63, 3.8) is 0 Å². The van der Waals surface area contributed by atoms with Gasteiger partial charge in [-0.25, -0.2) is 0 Å². The van der Waals surface area contributed by atoms with Gasteiger partial charge in [-0.1, -0.05) is 31.4 Å². The fourth-order valence-electron chi connectivity index (χ4n) is 3.82. The number of nitro groups is 1. The van der Waals surface area contributed by atoms with E-state index in [-0.39, 0.29) is 11.6 Å². The number of carbonyl (C=O) groups excluding carboxylic acids is 1. The third kappa shape index (κ3) is 3.78. The van der Waals surface area contributed by atoms with Gasteiger partial charge in [-0.05, 0) is 36.3 Å². The van der Waals surface area contributed by atoms with Crippen molar-refractivity contribution >= 4 is 17.7 Å². The van der Waals surface area contributed by atoms with Crippen molar-refractivity contribution < 1.29 is 9.72 Å². The Hall–Kier alpha value is -2.17. The van der Waals surface area contributed by atoms with E-state index in [0.717, 1.165) is 25.4 Å². The third-order valence-electron chi connectivity index (χ3n) is 5.10. The van der Waals surface area contributed by atoms with Crippen LogP contribution in [0.5, 0.6) is 0 Å². The molecule has 0 aromatic heterocycles. The highest BCUT2D eigenvalue weighted by Gasteiger charge is 2.32. The SMILES string of the molecule is O=C(/C=C/c1cccc([N+](=O)[O-])c1)N1CC[C@H]2CCCC[C@H]2C1. The molecule has 1 amide bonds. The second-order valence-corrected chi connectivity index (χ2v) is 6.56. The first kappa shape index (κ1) is 15.7. The van der Waals surface area contributed by atoms with Crippen molar-refractivity contribution in [2.24, 2.45) is 11.8 Å². The van der Waals surface area contributed by atoms with Gasteiger partial charge >= 0.3 is 0 Å². The van der Waals surface area contributed by atoms with Gasteiger partial charge in [0, 0.05) is 31.3 Å². The second-order valence-electron chi connectivity index (χ2n) is 6.56. The summed E-state index contributed by atoms with van der Waals surface area (Å²) in [5, 5.41) is 10.8. The van der Waals surface area contributed by atoms with Gasteiger partial charge in [-0.15, -0.1) is 0 Å². The average molecular weight is 314 g/mol. The number of nitrogens with zero attached hydrogens (tertiary/aromatic N) is 2. The zero-order chi connectivity index (χ0) is 16.2. The number of hydrogen-bond acceptors (Lipinski definition) is 3. The molecule has 0 N–H and O–H groups in total. The largest absolute Gasteiger partial charge is 0.339 e. The number of amides is 1. The van der Waals surface area contributed by atoms with Crippen LogP contribution in [0.25, 0.3) is 6.08 Å². The van der Waals surface area contributed by atoms with Gasteiger partial charge in [-0.2, -0.15) is 0 Å². The van der Waals surface area contributed by atoms with E-state index in [1.165, 1.54) is 37.8 Å². The van der Waals surface area contributed by atoms with Crippen LogP contribution >= 0.6 is 0 Å². The number of likely N-dealkylation sites (tertiary alicyclic amines) is 1. The molecule has 1 aliphatic heterocycles. The fraction of sp³-hybridized carbons (Fsp3) is 0.500. The van der Waals surface area contributed by atoms with E-state index in [1.807, 2.05) is 4.90 Å². The molecule has 1 aromatic carbocycles. The molecular weight excluding hydrogens is 292 g/mol. The maximum Gasteiger partial charge on any atom is 0.270 e. The van der Waals surface area contributed by atoms with Crippen molar-refractivity contribution in [1.29, 1.82) is 0 Å². The molecule has 0 bridgehead atoms. The molecule has 3 rings (SSSR count). The van der Waals surface area contributed by atoms with Crippen LogP contribution in [0.2, 0.25) is 0 Å². The molecule has 1 saturated heterocycles. The van der Waals surface area contributed by atoms with Crippen LogP contribution in [0.15, 0.2) is 30.3 Å². The lowest BCUT2D eigenvalue weighted by Gasteiger charge is -2.41. The number of rotatable bonds is 3. The summed E-state index contributed by atoms with van der Waals surface area (Å²) < 4.78 is 0. The average Bonchev–Trinajstić information content (AvgIpc) is 2.59. The summed E-state index contributed by atoms with van der Waals surface area (Å²) in [4.78, 5) is 24.7. The fourth-order valence-corrected chi connectivity index (χ4v) is 3.82. The van der Waals surface area contributed by atoms with Gasteiger partial charge in [0.05, 0.1) is 4.92 Å². The number of fused-ring (bicyclic) bond motifs is 1. The van der Waals surface area contributed by atoms with Crippen LogP contribution < -0.4 is 0 Å². The minimum absolute atomic E-state index is 0.0144. The lowest BCUT2D eigenvalue weighted by Crippen LogP contribution is -2.44. The Kier molecular flexibility index (Phi) is 4.74. The summed E-state index contributed by atoms with van der Waals surface area (Å²) in [7, 11) is 0. The molecule has 1 heterocycles. The number of benzene rings is 1. The van der Waals surface area contributed by atoms with Crippen LogP contribution in [0.3, 0.4) is 0 Å². The number of carbonyl (C=O) groups is 1. The zero-order valence-corrected chi connectivity index (χ0v) is 13.2. The van der Waals surface area contributed by atoms with E-state index in [0.29, 0.717) is 11.5 Å². The molecule has 2 aliphatic rings. The topological polar surface area (TPSA) is 63.4 Å². The van der Waals surface area contributed by atoms with Gasteiger partial charge in [-0.3, -0.25) is 14.9 Å². The van der Waals surface area contributed by atoms with Crippen LogP contribution in [-0.2, 0) is 4.79 Å². The molecule has 23 heavy (non-hydrogen) atoms. The van der Waals surface area contributed by atoms with E-state index in [1.54, 1.807) is 24.3 Å². The predicted molar refractivity (Wildman–Crippen MR) is 88.8 cm³/mol. The molecule has 5 heteroatoms. The summed E-state index contributed by atoms with van der Waals surface area (Å²) in [6.45, 7) is 1.70. The molecule has 122 valence electrons. The Morgan fingerprint density at radius 1 is 1.22 bits per heavy atom. The summed E-state index contributed by atoms with van der Waals surface area (Å²) in [6, 6.07) is 6.34. The summed E-state index contributed by atoms with van der Waals surface area (Å²) in [5.41, 5.74) is 0.725. The van der Waals surface area contributed by atoms with Crippen LogP contribution in [0.1, 0.15) is 37.7 Å². The van der Waals surface area contributed by atoms with Crippen molar-refractivity contribution in [3.05, 3.63) is 46.0 Å². The maximum absolute atomic E-state index is 12.4. The van der Waals surface area contributed by atoms with Crippen molar-refractivity contribution in [2.75, 3.05) is 13.1 Å². The molecule has 1 aliphatic carbocycles. The van der Waals surface area contributed by atoms with E-state index in [9.17, 15) is 14.9 Å². The quantitative estimate of drug-likeness (QED) is 0.486. The first-order chi connectivity index (χ1) is 11.1. The number of piperidine rings is 1. The first-order valence-electron chi connectivity index (χ1n) is 8.35. The van der Waals surface area contributed by atoms with Crippen molar-refractivity contribution in [2.45, 2.75) is 32.1 Å². The molecular formula is C18H22N2O3. The Bertz CT molecular complexity index is 626. The summed E-state index contributed by atoms with van der Waals surface area (Å²) in [6.07, 6.45) is 9.50. The lowest BCUT2D eigenvalue weighted by atomic mass is 9.75. The van der Waals surface area contributed by atoms with Crippen molar-refractivity contribution in [1.82, 2.24) is 4.90 Å². The molecule has 5 nitrogen and oxygen atoms in total. The minimum Gasteiger partial charge on any atom is -0.339 e. The van der Waals surface area contributed by atoms with Gasteiger partial charge in [0.2, 0.25) is 5.91 Å². The monoisotopic (exact) mass is 314 g/mol. The zero-order valence-electron chi connectivity index (χ0n) is 13.2. The third-order valence-corrected chi connectivity index (χ3v) is 5.10. The lowest BCUT2D eigenvalue weighted by molar-refractivity contribution is -0.384. The molecule has 2 atom stereocenters. The molecule has 1 saturated carbocycles. The van der Waals surface area contributed by atoms with E-state index in [2.05, 4.69) is 0 Å². The minimum atomic E-state index is -0.424. The van der Waals surface area contributed by atoms with Crippen LogP contribution in [0.4, 0.5) is 5.69 Å². The number of hydrogen-bond donors (Lipinski definition) is 0. The standard InChI is InChI=1S/C18H22N2O3/c21-18(9-8-14-4-3-7-17(12-14)20(22)23)19-11-10-15-5-1-2-6-16(15)13-19/h3-4,7-9,12,15-16H,1-2,5-6,10-11,13H2/b9-8+/t15-,16+/m1/s1. The smallest absolute Gasteiger partial charge is 0.270 e. The summed E-state index contributed by atoms with van der Waals surface area (Å²) >= 11 is 0. The maximum atomic E-state index is 12.4. The van der Waals surface area contributed by atoms with Gasteiger partial charge < -0.3 is 4.90 Å². The van der Waals surface area contributed by atoms with Crippen molar-refractivity contribution in [3.8, 4) is 0 Å². The molecule has 0 radical (unpaired) electrons. The number of nitro benzene ring substituents is 1. The number of non-ortho nitro benzene ring substituents is 1. The molecule has 0 unspecified atom stereocenters. The Balaban J connectivity index is 1.62. The Morgan fingerprint density at radius 2 is 2.00 bits per heavy atom. The molecule has 0 spiro atoms. The highest BCUT2D eigenvalue weighted by molar-refractivity contribution is 5.91. The van der Waals surface area contributed by atoms with E-state index >= 15 is 0 Å².